The molecule has 1 aliphatic carbocycles. The molecule has 0 amide bonds. The van der Waals surface area contributed by atoms with Gasteiger partial charge in [-0.2, -0.15) is 0 Å². The van der Waals surface area contributed by atoms with Crippen LogP contribution in [0.4, 0.5) is 0 Å². The van der Waals surface area contributed by atoms with E-state index in [-0.39, 0.29) is 10.8 Å². The lowest BCUT2D eigenvalue weighted by atomic mass is 10.0. The van der Waals surface area contributed by atoms with Crippen LogP contribution in [0.1, 0.15) is 19.3 Å². The Hall–Kier alpha value is -0.350. The first kappa shape index (κ1) is 16.5. The standard InChI is InChI=1S/C17H25Cl2N2O/c18-16-3-1-2-14(17(16)19)4-7-20-8-12-21(13-9-20)10-5-15(22)6-11-21/h1-3,16-17H,4-13H2/q+1. The summed E-state index contributed by atoms with van der Waals surface area (Å²) in [5.74, 6) is 0.451. The zero-order valence-electron chi connectivity index (χ0n) is 13.0. The van der Waals surface area contributed by atoms with Crippen molar-refractivity contribution < 1.29 is 9.28 Å². The molecule has 3 nitrogen and oxygen atoms in total. The molecule has 2 heterocycles. The number of Topliss-reactive ketones (excluding diaryl/α,β-unsaturated/α-hetero) is 1. The van der Waals surface area contributed by atoms with Gasteiger partial charge in [0, 0.05) is 19.6 Å². The lowest BCUT2D eigenvalue weighted by molar-refractivity contribution is -0.933. The summed E-state index contributed by atoms with van der Waals surface area (Å²) in [4.78, 5) is 14.0. The maximum atomic E-state index is 11.4. The van der Waals surface area contributed by atoms with Gasteiger partial charge in [-0.15, -0.1) is 23.2 Å². The summed E-state index contributed by atoms with van der Waals surface area (Å²) in [6.07, 6.45) is 8.65. The van der Waals surface area contributed by atoms with Crippen molar-refractivity contribution in [1.82, 2.24) is 4.90 Å². The first-order valence-corrected chi connectivity index (χ1v) is 9.20. The summed E-state index contributed by atoms with van der Waals surface area (Å²) < 4.78 is 1.16. The number of halogens is 2. The monoisotopic (exact) mass is 343 g/mol. The van der Waals surface area contributed by atoms with Crippen molar-refractivity contribution in [3.63, 3.8) is 0 Å². The third kappa shape index (κ3) is 3.76. The molecular formula is C17H25Cl2N2O+. The second-order valence-corrected chi connectivity index (χ2v) is 7.81. The van der Waals surface area contributed by atoms with Gasteiger partial charge in [-0.3, -0.25) is 9.69 Å². The van der Waals surface area contributed by atoms with Gasteiger partial charge in [-0.25, -0.2) is 0 Å². The molecule has 0 N–H and O–H groups in total. The number of carbonyl (C=O) groups excluding carboxylic acids is 1. The van der Waals surface area contributed by atoms with E-state index in [1.54, 1.807) is 0 Å². The number of carbonyl (C=O) groups is 1. The van der Waals surface area contributed by atoms with Crippen LogP contribution in [-0.2, 0) is 4.79 Å². The van der Waals surface area contributed by atoms with E-state index in [9.17, 15) is 4.79 Å². The molecule has 2 aliphatic heterocycles. The maximum Gasteiger partial charge on any atom is 0.144 e. The van der Waals surface area contributed by atoms with Crippen molar-refractivity contribution in [2.45, 2.75) is 30.0 Å². The van der Waals surface area contributed by atoms with Crippen LogP contribution in [0.5, 0.6) is 0 Å². The van der Waals surface area contributed by atoms with Gasteiger partial charge in [0.1, 0.15) is 5.78 Å². The van der Waals surface area contributed by atoms with Crippen LogP contribution in [0, 0.1) is 0 Å². The van der Waals surface area contributed by atoms with Gasteiger partial charge in [0.05, 0.1) is 49.8 Å². The Morgan fingerprint density at radius 2 is 1.82 bits per heavy atom. The molecule has 2 saturated heterocycles. The molecule has 0 bridgehead atoms. The average molecular weight is 344 g/mol. The molecule has 0 radical (unpaired) electrons. The molecule has 3 aliphatic rings. The number of piperazine rings is 1. The first-order chi connectivity index (χ1) is 10.6. The molecular weight excluding hydrogens is 319 g/mol. The van der Waals surface area contributed by atoms with Gasteiger partial charge >= 0.3 is 0 Å². The van der Waals surface area contributed by atoms with Gasteiger partial charge in [-0.05, 0) is 12.0 Å². The molecule has 5 heteroatoms. The fourth-order valence-electron chi connectivity index (χ4n) is 3.75. The summed E-state index contributed by atoms with van der Waals surface area (Å²) in [6, 6.07) is 0. The SMILES string of the molecule is O=C1CC[N+]2(CC1)CCN(CCC1=CC=CC(Cl)C1Cl)CC2. The van der Waals surface area contributed by atoms with Crippen LogP contribution in [0.15, 0.2) is 23.8 Å². The number of piperidine rings is 1. The topological polar surface area (TPSA) is 20.3 Å². The summed E-state index contributed by atoms with van der Waals surface area (Å²) in [6.45, 7) is 7.82. The smallest absolute Gasteiger partial charge is 0.144 e. The highest BCUT2D eigenvalue weighted by Crippen LogP contribution is 2.27. The van der Waals surface area contributed by atoms with Crippen LogP contribution < -0.4 is 0 Å². The van der Waals surface area contributed by atoms with Gasteiger partial charge in [0.15, 0.2) is 0 Å². The van der Waals surface area contributed by atoms with Gasteiger partial charge < -0.3 is 4.48 Å². The summed E-state index contributed by atoms with van der Waals surface area (Å²) in [5, 5.41) is -0.148. The Kier molecular flexibility index (Phi) is 5.28. The predicted molar refractivity (Wildman–Crippen MR) is 91.5 cm³/mol. The molecule has 2 unspecified atom stereocenters. The molecule has 122 valence electrons. The second-order valence-electron chi connectivity index (χ2n) is 6.84. The number of allylic oxidation sites excluding steroid dienone is 3. The van der Waals surface area contributed by atoms with Crippen molar-refractivity contribution >= 4 is 29.0 Å². The number of nitrogens with zero attached hydrogens (tertiary/aromatic N) is 2. The average Bonchev–Trinajstić information content (AvgIpc) is 2.54. The van der Waals surface area contributed by atoms with Crippen molar-refractivity contribution in [1.29, 1.82) is 0 Å². The van der Waals surface area contributed by atoms with Crippen LogP contribution in [0.2, 0.25) is 0 Å². The van der Waals surface area contributed by atoms with Gasteiger partial charge in [0.25, 0.3) is 0 Å². The Balaban J connectivity index is 1.45. The quantitative estimate of drug-likeness (QED) is 0.579. The third-order valence-electron chi connectivity index (χ3n) is 5.47. The van der Waals surface area contributed by atoms with Crippen LogP contribution in [0.25, 0.3) is 0 Å². The van der Waals surface area contributed by atoms with E-state index < -0.39 is 0 Å². The zero-order chi connectivity index (χ0) is 15.6. The highest BCUT2D eigenvalue weighted by molar-refractivity contribution is 6.32. The Morgan fingerprint density at radius 3 is 2.50 bits per heavy atom. The van der Waals surface area contributed by atoms with Crippen LogP contribution in [0.3, 0.4) is 0 Å². The van der Waals surface area contributed by atoms with Crippen molar-refractivity contribution in [3.05, 3.63) is 23.8 Å². The summed E-state index contributed by atoms with van der Waals surface area (Å²) >= 11 is 12.6. The van der Waals surface area contributed by atoms with Crippen molar-refractivity contribution in [3.8, 4) is 0 Å². The number of quaternary nitrogens is 1. The molecule has 0 saturated carbocycles. The molecule has 2 atom stereocenters. The Bertz CT molecular complexity index is 469. The highest BCUT2D eigenvalue weighted by Gasteiger charge is 2.36. The molecule has 0 aromatic heterocycles. The van der Waals surface area contributed by atoms with Crippen molar-refractivity contribution in [2.75, 3.05) is 45.8 Å². The van der Waals surface area contributed by atoms with E-state index in [1.807, 2.05) is 12.2 Å². The van der Waals surface area contributed by atoms with E-state index in [0.717, 1.165) is 56.5 Å². The zero-order valence-corrected chi connectivity index (χ0v) is 14.5. The predicted octanol–water partition coefficient (Wildman–Crippen LogP) is 2.58. The van der Waals surface area contributed by atoms with E-state index in [0.29, 0.717) is 5.78 Å². The van der Waals surface area contributed by atoms with Crippen molar-refractivity contribution in [2.24, 2.45) is 0 Å². The largest absolute Gasteiger partial charge is 0.321 e. The highest BCUT2D eigenvalue weighted by atomic mass is 35.5. The second kappa shape index (κ2) is 7.04. The lowest BCUT2D eigenvalue weighted by Gasteiger charge is -2.46. The first-order valence-electron chi connectivity index (χ1n) is 8.33. The Labute approximate surface area is 143 Å². The van der Waals surface area contributed by atoms with E-state index in [2.05, 4.69) is 11.0 Å². The Morgan fingerprint density at radius 1 is 1.14 bits per heavy atom. The number of ketones is 1. The van der Waals surface area contributed by atoms with E-state index in [1.165, 1.54) is 18.7 Å². The molecule has 1 spiro atoms. The molecule has 0 aromatic rings. The normalized spacial score (nSPS) is 32.3. The number of hydrogen-bond acceptors (Lipinski definition) is 2. The molecule has 3 rings (SSSR count). The molecule has 22 heavy (non-hydrogen) atoms. The summed E-state index contributed by atoms with van der Waals surface area (Å²) in [7, 11) is 0. The van der Waals surface area contributed by atoms with Gasteiger partial charge in [-0.1, -0.05) is 18.2 Å². The number of alkyl halides is 2. The van der Waals surface area contributed by atoms with Crippen LogP contribution >= 0.6 is 23.2 Å². The fraction of sp³-hybridized carbons (Fsp3) is 0.706. The fourth-order valence-corrected chi connectivity index (χ4v) is 4.26. The minimum absolute atomic E-state index is 0.0667. The molecule has 0 aromatic carbocycles. The minimum Gasteiger partial charge on any atom is -0.321 e. The van der Waals surface area contributed by atoms with E-state index in [4.69, 9.17) is 23.2 Å². The van der Waals surface area contributed by atoms with Gasteiger partial charge in [0.2, 0.25) is 0 Å². The maximum absolute atomic E-state index is 11.4. The number of hydrogen-bond donors (Lipinski definition) is 0. The summed E-state index contributed by atoms with van der Waals surface area (Å²) in [5.41, 5.74) is 1.25. The van der Waals surface area contributed by atoms with E-state index >= 15 is 0 Å². The molecule has 2 fully saturated rings. The minimum atomic E-state index is -0.0808. The van der Waals surface area contributed by atoms with Crippen LogP contribution in [-0.4, -0.2) is 71.7 Å². The lowest BCUT2D eigenvalue weighted by Crippen LogP contribution is -2.62. The number of rotatable bonds is 3. The third-order valence-corrected chi connectivity index (χ3v) is 6.55.